The summed E-state index contributed by atoms with van der Waals surface area (Å²) in [4.78, 5) is 39.7. The third-order valence-electron chi connectivity index (χ3n) is 7.23. The van der Waals surface area contributed by atoms with Crippen molar-refractivity contribution < 1.29 is 28.7 Å². The summed E-state index contributed by atoms with van der Waals surface area (Å²) in [6.45, 7) is 5.32. The molecule has 1 aliphatic heterocycles. The zero-order chi connectivity index (χ0) is 31.5. The molecule has 5 aromatic rings. The van der Waals surface area contributed by atoms with Gasteiger partial charge < -0.3 is 35.3 Å². The van der Waals surface area contributed by atoms with Crippen LogP contribution in [0, 0.1) is 5.82 Å². The van der Waals surface area contributed by atoms with Crippen LogP contribution in [0.1, 0.15) is 18.1 Å². The normalized spacial score (nSPS) is 15.2. The van der Waals surface area contributed by atoms with Gasteiger partial charge in [-0.05, 0) is 30.7 Å². The lowest BCUT2D eigenvalue weighted by Crippen LogP contribution is -2.47. The maximum absolute atomic E-state index is 13.4. The number of halogens is 1. The summed E-state index contributed by atoms with van der Waals surface area (Å²) >= 11 is 0. The minimum absolute atomic E-state index is 0.0397. The third kappa shape index (κ3) is 7.24. The van der Waals surface area contributed by atoms with E-state index in [4.69, 9.17) is 30.1 Å². The molecule has 0 aliphatic carbocycles. The average molecular weight is 627 g/mol. The average Bonchev–Trinajstić information content (AvgIpc) is 3.64. The van der Waals surface area contributed by atoms with Crippen LogP contribution in [0.2, 0.25) is 0 Å². The van der Waals surface area contributed by atoms with Gasteiger partial charge in [0.25, 0.3) is 0 Å². The van der Waals surface area contributed by atoms with Gasteiger partial charge in [0.05, 0.1) is 24.9 Å². The number of phosphoric acid groups is 1. The molecule has 0 spiro atoms. The van der Waals surface area contributed by atoms with Crippen LogP contribution in [-0.4, -0.2) is 86.9 Å². The second-order valence-corrected chi connectivity index (χ2v) is 11.4. The van der Waals surface area contributed by atoms with Crippen LogP contribution in [0.4, 0.5) is 16.2 Å². The number of nitrogens with two attached hydrogens (primary N) is 1. The SMILES string of the molecule is CC(N)(c1ccc(F)cc1)c1cnc(N2CCN(c3ncnn4cc(-c5cnn(CCO)c5)cc34)CC2)nc1.O=P(O)(O)O. The fraction of sp³-hybridized carbons (Fsp3) is 0.296. The van der Waals surface area contributed by atoms with E-state index in [0.29, 0.717) is 12.5 Å². The Balaban J connectivity index is 0.000000712. The smallest absolute Gasteiger partial charge is 0.394 e. The summed E-state index contributed by atoms with van der Waals surface area (Å²) in [7, 11) is -4.64. The highest BCUT2D eigenvalue weighted by molar-refractivity contribution is 7.45. The maximum atomic E-state index is 13.4. The maximum Gasteiger partial charge on any atom is 0.466 e. The highest BCUT2D eigenvalue weighted by atomic mass is 31.2. The van der Waals surface area contributed by atoms with Crippen molar-refractivity contribution in [2.75, 3.05) is 42.6 Å². The molecule has 4 aromatic heterocycles. The molecular weight excluding hydrogens is 594 g/mol. The quantitative estimate of drug-likeness (QED) is 0.161. The Kier molecular flexibility index (Phi) is 9.01. The predicted octanol–water partition coefficient (Wildman–Crippen LogP) is 1.13. The van der Waals surface area contributed by atoms with E-state index < -0.39 is 13.4 Å². The van der Waals surface area contributed by atoms with Gasteiger partial charge in [-0.1, -0.05) is 12.1 Å². The Morgan fingerprint density at radius 2 is 1.55 bits per heavy atom. The number of fused-ring (bicyclic) bond motifs is 1. The number of piperazine rings is 1. The minimum atomic E-state index is -4.64. The van der Waals surface area contributed by atoms with E-state index >= 15 is 0 Å². The van der Waals surface area contributed by atoms with Gasteiger partial charge in [0.1, 0.15) is 17.7 Å². The molecule has 15 nitrogen and oxygen atoms in total. The highest BCUT2D eigenvalue weighted by Gasteiger charge is 2.26. The number of anilines is 2. The largest absolute Gasteiger partial charge is 0.466 e. The molecule has 0 bridgehead atoms. The second kappa shape index (κ2) is 12.7. The summed E-state index contributed by atoms with van der Waals surface area (Å²) in [5, 5.41) is 17.9. The zero-order valence-corrected chi connectivity index (χ0v) is 24.6. The molecule has 1 atom stereocenters. The van der Waals surface area contributed by atoms with E-state index in [1.54, 1.807) is 41.7 Å². The van der Waals surface area contributed by atoms with Crippen molar-refractivity contribution in [3.05, 3.63) is 84.6 Å². The first kappa shape index (κ1) is 31.1. The van der Waals surface area contributed by atoms with Gasteiger partial charge in [0.15, 0.2) is 5.82 Å². The standard InChI is InChI=1S/C27H29FN10O.H3O4P/c1-27(29,21-2-4-23(28)5-3-21)22-14-30-26(31-15-22)36-8-6-35(7-9-36)25-24-12-19(17-38(24)34-18-32-25)20-13-33-37(16-20)10-11-39;1-5(2,3)4/h2-5,12-18,39H,6-11,29H2,1H3;(H3,1,2,3,4). The summed E-state index contributed by atoms with van der Waals surface area (Å²) in [6, 6.07) is 8.24. The molecule has 17 heteroatoms. The van der Waals surface area contributed by atoms with Gasteiger partial charge >= 0.3 is 7.82 Å². The topological polar surface area (TPSA) is 204 Å². The molecule has 6 N–H and O–H groups in total. The van der Waals surface area contributed by atoms with Gasteiger partial charge in [-0.15, -0.1) is 0 Å². The molecule has 1 aromatic carbocycles. The molecule has 0 amide bonds. The van der Waals surface area contributed by atoms with Crippen LogP contribution in [-0.2, 0) is 16.6 Å². The van der Waals surface area contributed by atoms with E-state index in [2.05, 4.69) is 41.0 Å². The number of rotatable bonds is 7. The van der Waals surface area contributed by atoms with Gasteiger partial charge in [0.2, 0.25) is 5.95 Å². The van der Waals surface area contributed by atoms with Crippen LogP contribution in [0.15, 0.2) is 67.6 Å². The second-order valence-electron chi connectivity index (χ2n) is 10.3. The van der Waals surface area contributed by atoms with Gasteiger partial charge in [-0.2, -0.15) is 10.2 Å². The van der Waals surface area contributed by atoms with Crippen LogP contribution >= 0.6 is 7.82 Å². The first-order chi connectivity index (χ1) is 20.9. The summed E-state index contributed by atoms with van der Waals surface area (Å²) in [6.07, 6.45) is 10.7. The van der Waals surface area contributed by atoms with E-state index in [9.17, 15) is 4.39 Å². The molecule has 1 fully saturated rings. The lowest BCUT2D eigenvalue weighted by atomic mass is 9.87. The number of hydrogen-bond acceptors (Lipinski definition) is 10. The van der Waals surface area contributed by atoms with Crippen molar-refractivity contribution in [1.82, 2.24) is 34.3 Å². The Hall–Kier alpha value is -4.31. The molecule has 44 heavy (non-hydrogen) atoms. The molecule has 1 unspecified atom stereocenters. The predicted molar refractivity (Wildman–Crippen MR) is 159 cm³/mol. The molecule has 1 saturated heterocycles. The van der Waals surface area contributed by atoms with Crippen LogP contribution in [0.5, 0.6) is 0 Å². The van der Waals surface area contributed by atoms with Crippen LogP contribution in [0.25, 0.3) is 16.6 Å². The molecule has 6 rings (SSSR count). The van der Waals surface area contributed by atoms with Crippen molar-refractivity contribution >= 4 is 25.1 Å². The summed E-state index contributed by atoms with van der Waals surface area (Å²) in [5.74, 6) is 1.21. The van der Waals surface area contributed by atoms with Crippen molar-refractivity contribution in [2.45, 2.75) is 19.0 Å². The van der Waals surface area contributed by atoms with Crippen LogP contribution in [0.3, 0.4) is 0 Å². The van der Waals surface area contributed by atoms with Crippen molar-refractivity contribution in [3.8, 4) is 11.1 Å². The molecular formula is C27H32FN10O5P. The molecule has 0 radical (unpaired) electrons. The lowest BCUT2D eigenvalue weighted by molar-refractivity contribution is 0.269. The number of aromatic nitrogens is 7. The molecule has 1 aliphatic rings. The summed E-state index contributed by atoms with van der Waals surface area (Å²) in [5.41, 5.74) is 10.1. The Morgan fingerprint density at radius 3 is 2.18 bits per heavy atom. The van der Waals surface area contributed by atoms with Crippen LogP contribution < -0.4 is 15.5 Å². The van der Waals surface area contributed by atoms with E-state index in [1.807, 2.05) is 23.8 Å². The van der Waals surface area contributed by atoms with Gasteiger partial charge in [-0.25, -0.2) is 28.4 Å². The number of aliphatic hydroxyl groups excluding tert-OH is 1. The minimum Gasteiger partial charge on any atom is -0.394 e. The number of aliphatic hydroxyl groups is 1. The highest BCUT2D eigenvalue weighted by Crippen LogP contribution is 2.29. The Bertz CT molecular complexity index is 1740. The molecule has 5 heterocycles. The van der Waals surface area contributed by atoms with E-state index in [-0.39, 0.29) is 12.4 Å². The van der Waals surface area contributed by atoms with Crippen molar-refractivity contribution in [2.24, 2.45) is 5.73 Å². The van der Waals surface area contributed by atoms with E-state index in [1.165, 1.54) is 12.1 Å². The third-order valence-corrected chi connectivity index (χ3v) is 7.23. The fourth-order valence-electron chi connectivity index (χ4n) is 4.89. The van der Waals surface area contributed by atoms with Gasteiger partial charge in [0, 0.05) is 67.7 Å². The van der Waals surface area contributed by atoms with E-state index in [0.717, 1.165) is 59.8 Å². The first-order valence-corrected chi connectivity index (χ1v) is 15.1. The lowest BCUT2D eigenvalue weighted by Gasteiger charge is -2.35. The number of benzene rings is 1. The Morgan fingerprint density at radius 1 is 0.909 bits per heavy atom. The van der Waals surface area contributed by atoms with Crippen molar-refractivity contribution in [1.29, 1.82) is 0 Å². The summed E-state index contributed by atoms with van der Waals surface area (Å²) < 4.78 is 25.8. The van der Waals surface area contributed by atoms with Gasteiger partial charge in [-0.3, -0.25) is 4.68 Å². The number of nitrogens with zero attached hydrogens (tertiary/aromatic N) is 9. The molecule has 232 valence electrons. The van der Waals surface area contributed by atoms with Crippen molar-refractivity contribution in [3.63, 3.8) is 0 Å². The zero-order valence-electron chi connectivity index (χ0n) is 23.7. The first-order valence-electron chi connectivity index (χ1n) is 13.5. The fourth-order valence-corrected chi connectivity index (χ4v) is 4.89. The molecule has 0 saturated carbocycles. The number of hydrogen-bond donors (Lipinski definition) is 5. The monoisotopic (exact) mass is 626 g/mol. The Labute approximate surface area is 251 Å².